The van der Waals surface area contributed by atoms with E-state index in [4.69, 9.17) is 4.74 Å². The second-order valence-electron chi connectivity index (χ2n) is 7.17. The van der Waals surface area contributed by atoms with Gasteiger partial charge in [0.1, 0.15) is 25.3 Å². The number of alkyl carbamates (subject to hydrolysis) is 1. The summed E-state index contributed by atoms with van der Waals surface area (Å²) in [5.74, 6) is -0.474. The number of nitrogens with zero attached hydrogens (tertiary/aromatic N) is 2. The van der Waals surface area contributed by atoms with Crippen molar-refractivity contribution < 1.29 is 36.3 Å². The molecule has 0 bridgehead atoms. The number of pyridine rings is 1. The van der Waals surface area contributed by atoms with Gasteiger partial charge in [0, 0.05) is 38.4 Å². The highest BCUT2D eigenvalue weighted by Gasteiger charge is 2.36. The number of nitrogens with one attached hydrogen (secondary N) is 2. The summed E-state index contributed by atoms with van der Waals surface area (Å²) >= 11 is 0.802. The fourth-order valence-corrected chi connectivity index (χ4v) is 4.36. The first kappa shape index (κ1) is 24.0. The van der Waals surface area contributed by atoms with Gasteiger partial charge in [-0.1, -0.05) is 0 Å². The number of fused-ring (bicyclic) bond motifs is 1. The van der Waals surface area contributed by atoms with Crippen LogP contribution in [0.2, 0.25) is 0 Å². The highest BCUT2D eigenvalue weighted by Crippen LogP contribution is 2.40. The maximum atomic E-state index is 13.7. The molecule has 13 heteroatoms. The quantitative estimate of drug-likeness (QED) is 0.617. The van der Waals surface area contributed by atoms with E-state index in [2.05, 4.69) is 15.6 Å². The van der Waals surface area contributed by atoms with Crippen LogP contribution in [0.1, 0.15) is 28.8 Å². The molecule has 0 radical (unpaired) electrons. The van der Waals surface area contributed by atoms with Gasteiger partial charge in [-0.15, -0.1) is 11.3 Å². The lowest BCUT2D eigenvalue weighted by atomic mass is 10.1. The molecule has 2 aromatic heterocycles. The molecule has 0 atom stereocenters. The van der Waals surface area contributed by atoms with E-state index in [1.54, 1.807) is 4.90 Å². The second-order valence-corrected chi connectivity index (χ2v) is 8.05. The average molecular weight is 480 g/mol. The molecule has 1 fully saturated rings. The van der Waals surface area contributed by atoms with Crippen molar-refractivity contribution in [2.45, 2.75) is 31.2 Å². The molecule has 3 heterocycles. The molecule has 0 aromatic carbocycles. The van der Waals surface area contributed by atoms with Crippen LogP contribution in [-0.4, -0.2) is 62.6 Å². The van der Waals surface area contributed by atoms with Crippen molar-refractivity contribution in [3.63, 3.8) is 0 Å². The third-order valence-electron chi connectivity index (χ3n) is 5.02. The Bertz CT molecular complexity index is 972. The third kappa shape index (κ3) is 5.19. The number of hydrogen-bond donors (Lipinski definition) is 2. The molecular formula is C19H21F5N4O3S. The highest BCUT2D eigenvalue weighted by atomic mass is 32.1. The van der Waals surface area contributed by atoms with Gasteiger partial charge < -0.3 is 20.3 Å². The number of amides is 2. The molecule has 1 aliphatic rings. The largest absolute Gasteiger partial charge is 0.446 e. The van der Waals surface area contributed by atoms with Gasteiger partial charge in [-0.25, -0.2) is 18.6 Å². The van der Waals surface area contributed by atoms with Crippen LogP contribution in [0.25, 0.3) is 10.2 Å². The second kappa shape index (κ2) is 9.84. The van der Waals surface area contributed by atoms with Gasteiger partial charge in [0.15, 0.2) is 0 Å². The normalized spacial score (nSPS) is 15.3. The monoisotopic (exact) mass is 480 g/mol. The van der Waals surface area contributed by atoms with Crippen LogP contribution in [0.5, 0.6) is 0 Å². The van der Waals surface area contributed by atoms with E-state index in [0.717, 1.165) is 17.4 Å². The fourth-order valence-electron chi connectivity index (χ4n) is 3.34. The molecule has 0 spiro atoms. The van der Waals surface area contributed by atoms with Gasteiger partial charge in [-0.2, -0.15) is 13.2 Å². The number of rotatable bonds is 6. The number of anilines is 1. The summed E-state index contributed by atoms with van der Waals surface area (Å²) < 4.78 is 71.1. The molecule has 176 valence electrons. The molecule has 3 rings (SSSR count). The minimum absolute atomic E-state index is 0.0274. The van der Waals surface area contributed by atoms with E-state index in [-0.39, 0.29) is 47.5 Å². The van der Waals surface area contributed by atoms with E-state index in [9.17, 15) is 31.5 Å². The van der Waals surface area contributed by atoms with Crippen LogP contribution in [0.15, 0.2) is 11.4 Å². The number of thiophene rings is 1. The van der Waals surface area contributed by atoms with Gasteiger partial charge in [0.2, 0.25) is 0 Å². The van der Waals surface area contributed by atoms with E-state index >= 15 is 0 Å². The zero-order valence-electron chi connectivity index (χ0n) is 17.0. The third-order valence-corrected chi connectivity index (χ3v) is 6.02. The molecule has 7 nitrogen and oxygen atoms in total. The Hall–Kier alpha value is -2.70. The van der Waals surface area contributed by atoms with Crippen molar-refractivity contribution in [2.24, 2.45) is 0 Å². The molecule has 0 aliphatic carbocycles. The minimum Gasteiger partial charge on any atom is -0.446 e. The van der Waals surface area contributed by atoms with Gasteiger partial charge >= 0.3 is 12.3 Å². The first-order valence-electron chi connectivity index (χ1n) is 9.73. The number of ether oxygens (including phenoxy) is 1. The van der Waals surface area contributed by atoms with E-state index in [1.807, 2.05) is 0 Å². The number of carbonyl (C=O) groups is 2. The van der Waals surface area contributed by atoms with Crippen molar-refractivity contribution in [3.05, 3.63) is 22.6 Å². The predicted octanol–water partition coefficient (Wildman–Crippen LogP) is 3.68. The van der Waals surface area contributed by atoms with Crippen LogP contribution in [0, 0.1) is 0 Å². The maximum absolute atomic E-state index is 13.7. The highest BCUT2D eigenvalue weighted by molar-refractivity contribution is 7.17. The van der Waals surface area contributed by atoms with Crippen molar-refractivity contribution in [1.82, 2.24) is 15.6 Å². The first-order valence-corrected chi connectivity index (χ1v) is 10.6. The zero-order chi connectivity index (χ0) is 23.5. The van der Waals surface area contributed by atoms with Crippen LogP contribution < -0.4 is 15.5 Å². The first-order chi connectivity index (χ1) is 15.2. The van der Waals surface area contributed by atoms with Gasteiger partial charge in [-0.05, 0) is 6.07 Å². The molecule has 2 amide bonds. The van der Waals surface area contributed by atoms with E-state index in [1.165, 1.54) is 12.4 Å². The number of carbonyl (C=O) groups excluding carboxylic acids is 2. The summed E-state index contributed by atoms with van der Waals surface area (Å²) in [4.78, 5) is 29.7. The SMILES string of the molecule is CNC(=O)c1csc2c(C(F)(F)F)cc(N3CCC(OC(=O)NC(CF)CF)CC3)nc12. The lowest BCUT2D eigenvalue weighted by molar-refractivity contribution is -0.136. The van der Waals surface area contributed by atoms with Gasteiger partial charge in [0.05, 0.1) is 27.4 Å². The molecule has 32 heavy (non-hydrogen) atoms. The summed E-state index contributed by atoms with van der Waals surface area (Å²) in [7, 11) is 1.38. The molecule has 2 aromatic rings. The Morgan fingerprint density at radius 1 is 1.28 bits per heavy atom. The number of aromatic nitrogens is 1. The van der Waals surface area contributed by atoms with E-state index in [0.29, 0.717) is 0 Å². The molecule has 1 saturated heterocycles. The summed E-state index contributed by atoms with van der Waals surface area (Å²) in [5.41, 5.74) is -0.843. The Balaban J connectivity index is 1.77. The lowest BCUT2D eigenvalue weighted by Gasteiger charge is -2.33. The molecule has 0 unspecified atom stereocenters. The van der Waals surface area contributed by atoms with Gasteiger partial charge in [-0.3, -0.25) is 4.79 Å². The Morgan fingerprint density at radius 3 is 2.50 bits per heavy atom. The smallest absolute Gasteiger partial charge is 0.417 e. The van der Waals surface area contributed by atoms with Crippen molar-refractivity contribution in [1.29, 1.82) is 0 Å². The van der Waals surface area contributed by atoms with Crippen molar-refractivity contribution >= 4 is 39.4 Å². The van der Waals surface area contributed by atoms with Gasteiger partial charge in [0.25, 0.3) is 5.91 Å². The van der Waals surface area contributed by atoms with Crippen LogP contribution in [0.3, 0.4) is 0 Å². The summed E-state index contributed by atoms with van der Waals surface area (Å²) in [6.07, 6.45) is -5.56. The molecule has 0 saturated carbocycles. The van der Waals surface area contributed by atoms with Crippen molar-refractivity contribution in [3.8, 4) is 0 Å². The minimum atomic E-state index is -4.64. The Labute approximate surface area is 183 Å². The topological polar surface area (TPSA) is 83.6 Å². The molecule has 1 aliphatic heterocycles. The number of hydrogen-bond acceptors (Lipinski definition) is 6. The predicted molar refractivity (Wildman–Crippen MR) is 109 cm³/mol. The maximum Gasteiger partial charge on any atom is 0.417 e. The summed E-state index contributed by atoms with van der Waals surface area (Å²) in [5, 5.41) is 5.81. The lowest BCUT2D eigenvalue weighted by Crippen LogP contribution is -2.43. The number of halogens is 5. The average Bonchev–Trinajstić information content (AvgIpc) is 3.20. The molecule has 2 N–H and O–H groups in total. The fraction of sp³-hybridized carbons (Fsp3) is 0.526. The Morgan fingerprint density at radius 2 is 1.94 bits per heavy atom. The molecular weight excluding hydrogens is 459 g/mol. The number of alkyl halides is 5. The summed E-state index contributed by atoms with van der Waals surface area (Å²) in [6, 6.07) is -0.326. The van der Waals surface area contributed by atoms with Crippen molar-refractivity contribution in [2.75, 3.05) is 38.4 Å². The number of piperidine rings is 1. The Kier molecular flexibility index (Phi) is 7.36. The van der Waals surface area contributed by atoms with E-state index < -0.39 is 49.2 Å². The summed E-state index contributed by atoms with van der Waals surface area (Å²) in [6.45, 7) is -1.66. The van der Waals surface area contributed by atoms with Crippen LogP contribution in [-0.2, 0) is 10.9 Å². The van der Waals surface area contributed by atoms with Crippen LogP contribution in [0.4, 0.5) is 32.6 Å². The van der Waals surface area contributed by atoms with Crippen LogP contribution >= 0.6 is 11.3 Å². The zero-order valence-corrected chi connectivity index (χ0v) is 17.8. The standard InChI is InChI=1S/C19H21F5N4O3S/c1-25-17(29)12-9-32-16-13(19(22,23)24)6-14(27-15(12)16)28-4-2-11(3-5-28)31-18(30)26-10(7-20)8-21/h6,9-11H,2-5,7-8H2,1H3,(H,25,29)(H,26,30).